The number of ether oxygens (including phenoxy) is 2. The van der Waals surface area contributed by atoms with Gasteiger partial charge in [0.25, 0.3) is 5.91 Å². The molecular weight excluding hydrogens is 352 g/mol. The van der Waals surface area contributed by atoms with Gasteiger partial charge in [0, 0.05) is 11.8 Å². The second kappa shape index (κ2) is 8.24. The Morgan fingerprint density at radius 1 is 1.19 bits per heavy atom. The largest absolute Gasteiger partial charge is 0.452 e. The lowest BCUT2D eigenvalue weighted by molar-refractivity contribution is -0.119. The summed E-state index contributed by atoms with van der Waals surface area (Å²) in [6.07, 6.45) is 0. The van der Waals surface area contributed by atoms with Gasteiger partial charge in [-0.05, 0) is 43.7 Å². The number of halogens is 2. The Balaban J connectivity index is 1.92. The maximum absolute atomic E-state index is 12.1. The molecule has 0 aliphatic carbocycles. The van der Waals surface area contributed by atoms with E-state index in [9.17, 15) is 23.2 Å². The Morgan fingerprint density at radius 2 is 1.85 bits per heavy atom. The van der Waals surface area contributed by atoms with Gasteiger partial charge in [-0.1, -0.05) is 0 Å². The van der Waals surface area contributed by atoms with Gasteiger partial charge in [-0.2, -0.15) is 8.78 Å². The molecule has 0 bridgehead atoms. The Kier molecular flexibility index (Phi) is 6.05. The molecular formula is C17H15F2NO6. The maximum atomic E-state index is 12.1. The Morgan fingerprint density at radius 3 is 2.42 bits per heavy atom. The van der Waals surface area contributed by atoms with Crippen molar-refractivity contribution >= 4 is 17.6 Å². The number of carbonyl (C=O) groups excluding carboxylic acids is 2. The van der Waals surface area contributed by atoms with Crippen molar-refractivity contribution in [1.29, 1.82) is 0 Å². The van der Waals surface area contributed by atoms with Gasteiger partial charge in [0.1, 0.15) is 17.1 Å². The molecule has 1 amide bonds. The number of nitrogens with one attached hydrogen (secondary N) is 1. The topological polar surface area (TPSA) is 94.8 Å². The monoisotopic (exact) mass is 367 g/mol. The molecule has 0 spiro atoms. The zero-order valence-electron chi connectivity index (χ0n) is 13.9. The van der Waals surface area contributed by atoms with E-state index in [2.05, 4.69) is 10.1 Å². The van der Waals surface area contributed by atoms with Crippen LogP contribution in [0.2, 0.25) is 0 Å². The SMILES string of the molecule is Cc1cc(=O)oc(C)c1C(=O)OCC(=O)Nc1ccc(OC(F)F)cc1. The number of anilines is 1. The average molecular weight is 367 g/mol. The van der Waals surface area contributed by atoms with E-state index in [0.29, 0.717) is 11.3 Å². The molecule has 0 saturated carbocycles. The molecule has 9 heteroatoms. The predicted octanol–water partition coefficient (Wildman–Crippen LogP) is 2.65. The molecule has 0 fully saturated rings. The molecule has 0 aliphatic heterocycles. The first-order valence-corrected chi connectivity index (χ1v) is 7.39. The minimum Gasteiger partial charge on any atom is -0.452 e. The molecule has 0 aliphatic rings. The number of aryl methyl sites for hydroxylation is 2. The fourth-order valence-corrected chi connectivity index (χ4v) is 2.18. The Hall–Kier alpha value is -3.23. The number of esters is 1. The first-order chi connectivity index (χ1) is 12.3. The van der Waals surface area contributed by atoms with E-state index in [4.69, 9.17) is 9.15 Å². The molecule has 1 heterocycles. The normalized spacial score (nSPS) is 10.5. The minimum atomic E-state index is -2.94. The summed E-state index contributed by atoms with van der Waals surface area (Å²) >= 11 is 0. The highest BCUT2D eigenvalue weighted by Crippen LogP contribution is 2.18. The molecule has 1 aromatic heterocycles. The van der Waals surface area contributed by atoms with Crippen LogP contribution in [-0.4, -0.2) is 25.1 Å². The Bertz CT molecular complexity index is 834. The highest BCUT2D eigenvalue weighted by Gasteiger charge is 2.18. The minimum absolute atomic E-state index is 0.0547. The van der Waals surface area contributed by atoms with E-state index in [1.807, 2.05) is 0 Å². The van der Waals surface area contributed by atoms with E-state index >= 15 is 0 Å². The van der Waals surface area contributed by atoms with Crippen LogP contribution in [0.15, 0.2) is 39.5 Å². The third-order valence-electron chi connectivity index (χ3n) is 3.24. The number of carbonyl (C=O) groups is 2. The third kappa shape index (κ3) is 5.13. The zero-order valence-corrected chi connectivity index (χ0v) is 13.9. The summed E-state index contributed by atoms with van der Waals surface area (Å²) in [5.41, 5.74) is 0.170. The summed E-state index contributed by atoms with van der Waals surface area (Å²) in [5, 5.41) is 2.43. The van der Waals surface area contributed by atoms with Crippen LogP contribution < -0.4 is 15.7 Å². The van der Waals surface area contributed by atoms with Gasteiger partial charge in [-0.25, -0.2) is 9.59 Å². The van der Waals surface area contributed by atoms with Crippen LogP contribution in [0.25, 0.3) is 0 Å². The van der Waals surface area contributed by atoms with Crippen molar-refractivity contribution in [3.8, 4) is 5.75 Å². The lowest BCUT2D eigenvalue weighted by Crippen LogP contribution is -2.22. The molecule has 138 valence electrons. The van der Waals surface area contributed by atoms with E-state index in [-0.39, 0.29) is 17.1 Å². The van der Waals surface area contributed by atoms with Crippen LogP contribution in [0.5, 0.6) is 5.75 Å². The first kappa shape index (κ1) is 19.1. The smallest absolute Gasteiger partial charge is 0.387 e. The quantitative estimate of drug-likeness (QED) is 0.789. The number of hydrogen-bond donors (Lipinski definition) is 1. The summed E-state index contributed by atoms with van der Waals surface area (Å²) in [5.74, 6) is -1.40. The van der Waals surface area contributed by atoms with E-state index in [1.165, 1.54) is 31.2 Å². The van der Waals surface area contributed by atoms with Gasteiger partial charge in [0.2, 0.25) is 0 Å². The fourth-order valence-electron chi connectivity index (χ4n) is 2.18. The molecule has 2 rings (SSSR count). The van der Waals surface area contributed by atoms with Crippen molar-refractivity contribution < 1.29 is 32.3 Å². The van der Waals surface area contributed by atoms with Crippen molar-refractivity contribution in [2.45, 2.75) is 20.5 Å². The standard InChI is InChI=1S/C17H15F2NO6/c1-9-7-14(22)25-10(2)15(9)16(23)24-8-13(21)20-11-3-5-12(6-4-11)26-17(18)19/h3-7,17H,8H2,1-2H3,(H,20,21). The van der Waals surface area contributed by atoms with E-state index in [0.717, 1.165) is 6.07 Å². The molecule has 0 saturated heterocycles. The van der Waals surface area contributed by atoms with Crippen molar-refractivity contribution in [2.75, 3.05) is 11.9 Å². The molecule has 26 heavy (non-hydrogen) atoms. The number of rotatable bonds is 6. The molecule has 0 unspecified atom stereocenters. The van der Waals surface area contributed by atoms with Gasteiger partial charge in [-0.15, -0.1) is 0 Å². The second-order valence-corrected chi connectivity index (χ2v) is 5.21. The molecule has 1 N–H and O–H groups in total. The summed E-state index contributed by atoms with van der Waals surface area (Å²) in [7, 11) is 0. The zero-order chi connectivity index (χ0) is 19.3. The van der Waals surface area contributed by atoms with Crippen molar-refractivity contribution in [1.82, 2.24) is 0 Å². The van der Waals surface area contributed by atoms with Crippen LogP contribution in [0.3, 0.4) is 0 Å². The Labute approximate surface area is 146 Å². The van der Waals surface area contributed by atoms with Crippen molar-refractivity contribution in [3.05, 3.63) is 57.6 Å². The maximum Gasteiger partial charge on any atom is 0.387 e. The van der Waals surface area contributed by atoms with Gasteiger partial charge in [0.05, 0.1) is 0 Å². The van der Waals surface area contributed by atoms with Gasteiger partial charge < -0.3 is 19.2 Å². The van der Waals surface area contributed by atoms with Gasteiger partial charge in [0.15, 0.2) is 6.61 Å². The van der Waals surface area contributed by atoms with Gasteiger partial charge >= 0.3 is 18.2 Å². The van der Waals surface area contributed by atoms with Crippen molar-refractivity contribution in [3.63, 3.8) is 0 Å². The highest BCUT2D eigenvalue weighted by molar-refractivity contribution is 5.96. The second-order valence-electron chi connectivity index (χ2n) is 5.21. The van der Waals surface area contributed by atoms with Crippen LogP contribution in [0.4, 0.5) is 14.5 Å². The van der Waals surface area contributed by atoms with E-state index in [1.54, 1.807) is 6.92 Å². The summed E-state index contributed by atoms with van der Waals surface area (Å²) in [4.78, 5) is 35.1. The molecule has 7 nitrogen and oxygen atoms in total. The third-order valence-corrected chi connectivity index (χ3v) is 3.24. The van der Waals surface area contributed by atoms with Crippen LogP contribution in [0.1, 0.15) is 21.7 Å². The predicted molar refractivity (Wildman–Crippen MR) is 86.4 cm³/mol. The number of benzene rings is 1. The van der Waals surface area contributed by atoms with Crippen molar-refractivity contribution in [2.24, 2.45) is 0 Å². The first-order valence-electron chi connectivity index (χ1n) is 7.39. The number of alkyl halides is 2. The number of hydrogen-bond acceptors (Lipinski definition) is 6. The summed E-state index contributed by atoms with van der Waals surface area (Å²) in [6, 6.07) is 6.38. The molecule has 0 radical (unpaired) electrons. The van der Waals surface area contributed by atoms with Crippen LogP contribution in [-0.2, 0) is 9.53 Å². The fraction of sp³-hybridized carbons (Fsp3) is 0.235. The number of amides is 1. The molecule has 0 atom stereocenters. The molecule has 2 aromatic rings. The lowest BCUT2D eigenvalue weighted by Gasteiger charge is -2.09. The highest BCUT2D eigenvalue weighted by atomic mass is 19.3. The van der Waals surface area contributed by atoms with E-state index < -0.39 is 30.7 Å². The lowest BCUT2D eigenvalue weighted by atomic mass is 10.1. The van der Waals surface area contributed by atoms with Gasteiger partial charge in [-0.3, -0.25) is 4.79 Å². The van der Waals surface area contributed by atoms with Crippen LogP contribution >= 0.6 is 0 Å². The molecule has 1 aromatic carbocycles. The van der Waals surface area contributed by atoms with Crippen LogP contribution in [0, 0.1) is 13.8 Å². The summed E-state index contributed by atoms with van der Waals surface area (Å²) in [6.45, 7) is -0.534. The summed E-state index contributed by atoms with van der Waals surface area (Å²) < 4.78 is 38.0. The average Bonchev–Trinajstić information content (AvgIpc) is 2.53.